The molecule has 2 aliphatic heterocycles. The highest BCUT2D eigenvalue weighted by Crippen LogP contribution is 2.35. The molecule has 0 aliphatic carbocycles. The number of alkyl halides is 3. The molecule has 286 valence electrons. The van der Waals surface area contributed by atoms with Gasteiger partial charge in [-0.25, -0.2) is 23.2 Å². The van der Waals surface area contributed by atoms with Crippen molar-refractivity contribution in [1.82, 2.24) is 25.2 Å². The summed E-state index contributed by atoms with van der Waals surface area (Å²) in [5, 5.41) is 8.02. The molecule has 2 saturated heterocycles. The summed E-state index contributed by atoms with van der Waals surface area (Å²) in [4.78, 5) is 42.0. The molecule has 6 rings (SSSR count). The minimum Gasteiger partial charge on any atom is -0.371 e. The number of benzene rings is 2. The standard InChI is InChI=1S/C36H41F3N10O4S/c1-46(23-24-6-10-29(11-7-24)49-20-16-31(50)44-35(49)51)27-14-18-48(19-15-27)28-12-8-26(9-13-28)43-34-42-22-30(36(37,38)39)32(45-34)41-21-25-5-4-17-40-33(25)47(2)54(3,52)53/h4-13,17,22,27H,14-16,18-21,23H2,1-3H3,(H,44,50,51)(H2,41,42,43,45). The number of piperidine rings is 1. The highest BCUT2D eigenvalue weighted by Gasteiger charge is 2.35. The van der Waals surface area contributed by atoms with Gasteiger partial charge < -0.3 is 15.5 Å². The zero-order chi connectivity index (χ0) is 38.6. The van der Waals surface area contributed by atoms with Crippen LogP contribution in [0.3, 0.4) is 0 Å². The van der Waals surface area contributed by atoms with Crippen molar-refractivity contribution in [3.63, 3.8) is 0 Å². The Morgan fingerprint density at radius 1 is 0.944 bits per heavy atom. The van der Waals surface area contributed by atoms with Gasteiger partial charge in [-0.3, -0.25) is 24.2 Å². The molecule has 18 heteroatoms. The van der Waals surface area contributed by atoms with E-state index in [0.29, 0.717) is 30.0 Å². The van der Waals surface area contributed by atoms with Gasteiger partial charge in [0.2, 0.25) is 21.9 Å². The average Bonchev–Trinajstić information content (AvgIpc) is 3.14. The van der Waals surface area contributed by atoms with E-state index < -0.39 is 33.6 Å². The van der Waals surface area contributed by atoms with Gasteiger partial charge in [0.05, 0.1) is 6.26 Å². The maximum absolute atomic E-state index is 13.9. The van der Waals surface area contributed by atoms with E-state index in [1.54, 1.807) is 17.0 Å². The van der Waals surface area contributed by atoms with Crippen molar-refractivity contribution in [3.05, 3.63) is 89.7 Å². The number of sulfonamides is 1. The molecule has 0 atom stereocenters. The predicted octanol–water partition coefficient (Wildman–Crippen LogP) is 5.19. The Balaban J connectivity index is 1.04. The third kappa shape index (κ3) is 9.17. The Labute approximate surface area is 311 Å². The molecule has 2 aliphatic rings. The molecule has 2 aromatic heterocycles. The van der Waals surface area contributed by atoms with Crippen LogP contribution < -0.4 is 30.1 Å². The van der Waals surface area contributed by atoms with Crippen molar-refractivity contribution < 1.29 is 31.2 Å². The fraction of sp³-hybridized carbons (Fsp3) is 0.361. The average molecular weight is 767 g/mol. The van der Waals surface area contributed by atoms with Crippen molar-refractivity contribution in [2.24, 2.45) is 0 Å². The Kier molecular flexibility index (Phi) is 11.2. The first-order valence-corrected chi connectivity index (χ1v) is 19.1. The van der Waals surface area contributed by atoms with E-state index in [4.69, 9.17) is 0 Å². The second-order valence-corrected chi connectivity index (χ2v) is 15.3. The molecule has 0 radical (unpaired) electrons. The van der Waals surface area contributed by atoms with Crippen molar-refractivity contribution in [2.45, 2.75) is 44.6 Å². The molecular weight excluding hydrogens is 726 g/mol. The number of pyridine rings is 1. The van der Waals surface area contributed by atoms with Crippen LogP contribution in [0.25, 0.3) is 0 Å². The zero-order valence-corrected chi connectivity index (χ0v) is 30.8. The van der Waals surface area contributed by atoms with Crippen LogP contribution in [0.5, 0.6) is 0 Å². The van der Waals surface area contributed by atoms with Gasteiger partial charge in [0.1, 0.15) is 17.2 Å². The van der Waals surface area contributed by atoms with Gasteiger partial charge in [-0.2, -0.15) is 18.2 Å². The number of rotatable bonds is 12. The quantitative estimate of drug-likeness (QED) is 0.175. The van der Waals surface area contributed by atoms with E-state index in [1.165, 1.54) is 13.2 Å². The topological polar surface area (TPSA) is 156 Å². The summed E-state index contributed by atoms with van der Waals surface area (Å²) >= 11 is 0. The summed E-state index contributed by atoms with van der Waals surface area (Å²) in [7, 11) is -0.237. The number of nitrogens with zero attached hydrogens (tertiary/aromatic N) is 7. The maximum Gasteiger partial charge on any atom is 0.421 e. The maximum atomic E-state index is 13.9. The Morgan fingerprint density at radius 3 is 2.28 bits per heavy atom. The molecule has 54 heavy (non-hydrogen) atoms. The number of aromatic nitrogens is 3. The number of hydrogen-bond acceptors (Lipinski definition) is 11. The monoisotopic (exact) mass is 766 g/mol. The molecular formula is C36H41F3N10O4S. The zero-order valence-electron chi connectivity index (χ0n) is 30.0. The summed E-state index contributed by atoms with van der Waals surface area (Å²) in [6, 6.07) is 18.5. The summed E-state index contributed by atoms with van der Waals surface area (Å²) < 4.78 is 66.9. The smallest absolute Gasteiger partial charge is 0.371 e. The Bertz CT molecular complexity index is 2080. The second-order valence-electron chi connectivity index (χ2n) is 13.3. The van der Waals surface area contributed by atoms with Crippen LogP contribution in [0.1, 0.15) is 36.0 Å². The molecule has 2 aromatic carbocycles. The van der Waals surface area contributed by atoms with Gasteiger partial charge in [-0.1, -0.05) is 18.2 Å². The van der Waals surface area contributed by atoms with Gasteiger partial charge in [0.15, 0.2) is 0 Å². The second kappa shape index (κ2) is 15.9. The summed E-state index contributed by atoms with van der Waals surface area (Å²) in [6.45, 7) is 2.63. The van der Waals surface area contributed by atoms with E-state index in [1.807, 2.05) is 48.5 Å². The molecule has 0 unspecified atom stereocenters. The van der Waals surface area contributed by atoms with Crippen molar-refractivity contribution in [3.8, 4) is 0 Å². The highest BCUT2D eigenvalue weighted by atomic mass is 32.2. The number of anilines is 6. The van der Waals surface area contributed by atoms with Crippen molar-refractivity contribution in [1.29, 1.82) is 0 Å². The molecule has 14 nitrogen and oxygen atoms in total. The lowest BCUT2D eigenvalue weighted by molar-refractivity contribution is -0.137. The minimum absolute atomic E-state index is 0.0510. The SMILES string of the molecule is CN(Cc1ccc(N2CCC(=O)NC2=O)cc1)C1CCN(c2ccc(Nc3ncc(C(F)(F)F)c(NCc4cccnc4N(C)S(C)(=O)=O)n3)cc2)CC1. The van der Waals surface area contributed by atoms with E-state index in [9.17, 15) is 31.2 Å². The Hall–Kier alpha value is -5.49. The van der Waals surface area contributed by atoms with Gasteiger partial charge in [0, 0.05) is 87.3 Å². The molecule has 0 bridgehead atoms. The van der Waals surface area contributed by atoms with Crippen molar-refractivity contribution in [2.75, 3.05) is 64.7 Å². The molecule has 2 fully saturated rings. The van der Waals surface area contributed by atoms with Gasteiger partial charge in [0.25, 0.3) is 0 Å². The third-order valence-electron chi connectivity index (χ3n) is 9.51. The summed E-state index contributed by atoms with van der Waals surface area (Å²) in [5.74, 6) is -0.698. The largest absolute Gasteiger partial charge is 0.421 e. The number of imide groups is 1. The van der Waals surface area contributed by atoms with Crippen molar-refractivity contribution >= 4 is 56.6 Å². The normalized spacial score (nSPS) is 15.7. The van der Waals surface area contributed by atoms with E-state index in [0.717, 1.165) is 60.0 Å². The minimum atomic E-state index is -4.74. The first kappa shape index (κ1) is 38.2. The number of urea groups is 1. The van der Waals surface area contributed by atoms with E-state index in [-0.39, 0.29) is 30.6 Å². The molecule has 3 N–H and O–H groups in total. The van der Waals surface area contributed by atoms with E-state index >= 15 is 0 Å². The lowest BCUT2D eigenvalue weighted by Crippen LogP contribution is -2.49. The molecule has 4 heterocycles. The van der Waals surface area contributed by atoms with Crippen LogP contribution >= 0.6 is 0 Å². The first-order valence-electron chi connectivity index (χ1n) is 17.2. The lowest BCUT2D eigenvalue weighted by atomic mass is 10.0. The number of carbonyl (C=O) groups is 2. The Morgan fingerprint density at radius 2 is 1.63 bits per heavy atom. The summed E-state index contributed by atoms with van der Waals surface area (Å²) in [6.07, 6.45) is 0.559. The van der Waals surface area contributed by atoms with Crippen LogP contribution in [0.2, 0.25) is 0 Å². The van der Waals surface area contributed by atoms with Gasteiger partial charge in [-0.05, 0) is 67.9 Å². The fourth-order valence-electron chi connectivity index (χ4n) is 6.43. The summed E-state index contributed by atoms with van der Waals surface area (Å²) in [5.41, 5.74) is 2.77. The number of nitrogens with one attached hydrogen (secondary N) is 3. The molecule has 4 aromatic rings. The molecule has 0 spiro atoms. The van der Waals surface area contributed by atoms with E-state index in [2.05, 4.69) is 47.7 Å². The number of amides is 3. The lowest BCUT2D eigenvalue weighted by Gasteiger charge is -2.38. The van der Waals surface area contributed by atoms with Crippen LogP contribution in [-0.2, 0) is 34.1 Å². The van der Waals surface area contributed by atoms with Gasteiger partial charge in [-0.15, -0.1) is 0 Å². The third-order valence-corrected chi connectivity index (χ3v) is 10.7. The number of hydrogen-bond donors (Lipinski definition) is 3. The van der Waals surface area contributed by atoms with Crippen LogP contribution in [0, 0.1) is 0 Å². The predicted molar refractivity (Wildman–Crippen MR) is 200 cm³/mol. The van der Waals surface area contributed by atoms with Crippen LogP contribution in [-0.4, -0.2) is 86.2 Å². The van der Waals surface area contributed by atoms with Crippen LogP contribution in [0.4, 0.5) is 52.6 Å². The van der Waals surface area contributed by atoms with Crippen LogP contribution in [0.15, 0.2) is 73.1 Å². The number of halogens is 3. The number of carbonyl (C=O) groups excluding carboxylic acids is 2. The molecule has 3 amide bonds. The first-order chi connectivity index (χ1) is 25.7. The fourth-order valence-corrected chi connectivity index (χ4v) is 6.91. The van der Waals surface area contributed by atoms with Gasteiger partial charge >= 0.3 is 12.2 Å². The molecule has 0 saturated carbocycles. The highest BCUT2D eigenvalue weighted by molar-refractivity contribution is 7.92.